The number of benzene rings is 1. The van der Waals surface area contributed by atoms with E-state index in [0.717, 1.165) is 29.6 Å². The summed E-state index contributed by atoms with van der Waals surface area (Å²) in [6.45, 7) is 2.08. The monoisotopic (exact) mass is 305 g/mol. The Hall–Kier alpha value is -2.46. The molecule has 0 radical (unpaired) electrons. The van der Waals surface area contributed by atoms with Gasteiger partial charge in [-0.05, 0) is 43.6 Å². The fourth-order valence-corrected chi connectivity index (χ4v) is 3.49. The minimum absolute atomic E-state index is 0.0256. The molecule has 23 heavy (non-hydrogen) atoms. The second-order valence-electron chi connectivity index (χ2n) is 6.01. The maximum Gasteiger partial charge on any atom is 0.146 e. The molecule has 1 saturated heterocycles. The van der Waals surface area contributed by atoms with Gasteiger partial charge in [-0.15, -0.1) is 0 Å². The number of fused-ring (bicyclic) bond motifs is 1. The largest absolute Gasteiger partial charge is 0.505 e. The van der Waals surface area contributed by atoms with Gasteiger partial charge in [-0.3, -0.25) is 14.9 Å². The van der Waals surface area contributed by atoms with Gasteiger partial charge in [0, 0.05) is 29.5 Å². The van der Waals surface area contributed by atoms with Gasteiger partial charge in [0.2, 0.25) is 0 Å². The Morgan fingerprint density at radius 1 is 1.00 bits per heavy atom. The van der Waals surface area contributed by atoms with E-state index in [-0.39, 0.29) is 11.8 Å². The van der Waals surface area contributed by atoms with Crippen molar-refractivity contribution in [1.29, 1.82) is 0 Å². The molecule has 1 N–H and O–H groups in total. The highest BCUT2D eigenvalue weighted by atomic mass is 16.3. The molecular weight excluding hydrogens is 286 g/mol. The van der Waals surface area contributed by atoms with Crippen molar-refractivity contribution in [3.05, 3.63) is 66.1 Å². The fraction of sp³-hybridized carbons (Fsp3) is 0.263. The molecule has 116 valence electrons. The standard InChI is InChI=1S/C19H19N3O/c23-19-16(8-7-14-5-4-10-21-17(14)19)18(22-11-1-2-12-22)15-6-3-9-20-13-15/h3-10,13,18,23H,1-2,11-12H2. The number of hydrogen-bond acceptors (Lipinski definition) is 4. The van der Waals surface area contributed by atoms with Gasteiger partial charge in [-0.1, -0.05) is 24.3 Å². The summed E-state index contributed by atoms with van der Waals surface area (Å²) in [7, 11) is 0. The van der Waals surface area contributed by atoms with Gasteiger partial charge >= 0.3 is 0 Å². The average molecular weight is 305 g/mol. The van der Waals surface area contributed by atoms with Gasteiger partial charge in [0.1, 0.15) is 11.3 Å². The number of aromatic hydroxyl groups is 1. The number of hydrogen-bond donors (Lipinski definition) is 1. The maximum atomic E-state index is 10.8. The second kappa shape index (κ2) is 5.97. The minimum atomic E-state index is 0.0256. The average Bonchev–Trinajstić information content (AvgIpc) is 3.13. The zero-order valence-electron chi connectivity index (χ0n) is 12.9. The zero-order valence-corrected chi connectivity index (χ0v) is 12.9. The van der Waals surface area contributed by atoms with E-state index in [9.17, 15) is 5.11 Å². The Balaban J connectivity index is 1.88. The molecule has 2 aromatic heterocycles. The molecule has 1 aliphatic rings. The summed E-state index contributed by atoms with van der Waals surface area (Å²) in [5.74, 6) is 0.281. The van der Waals surface area contributed by atoms with Crippen LogP contribution in [0.1, 0.15) is 30.0 Å². The highest BCUT2D eigenvalue weighted by Crippen LogP contribution is 2.38. The van der Waals surface area contributed by atoms with E-state index in [1.54, 1.807) is 12.4 Å². The summed E-state index contributed by atoms with van der Waals surface area (Å²) in [5.41, 5.74) is 2.68. The summed E-state index contributed by atoms with van der Waals surface area (Å²) < 4.78 is 0. The summed E-state index contributed by atoms with van der Waals surface area (Å²) in [5, 5.41) is 11.8. The van der Waals surface area contributed by atoms with E-state index >= 15 is 0 Å². The smallest absolute Gasteiger partial charge is 0.146 e. The number of pyridine rings is 2. The molecule has 0 bridgehead atoms. The normalized spacial score (nSPS) is 16.7. The van der Waals surface area contributed by atoms with Crippen LogP contribution in [-0.2, 0) is 0 Å². The van der Waals surface area contributed by atoms with Crippen LogP contribution in [0.4, 0.5) is 0 Å². The molecule has 1 atom stereocenters. The third-order valence-electron chi connectivity index (χ3n) is 4.58. The molecular formula is C19H19N3O. The molecule has 1 fully saturated rings. The van der Waals surface area contributed by atoms with E-state index in [4.69, 9.17) is 0 Å². The Kier molecular flexibility index (Phi) is 3.67. The molecule has 1 aliphatic heterocycles. The van der Waals surface area contributed by atoms with Crippen LogP contribution in [0.3, 0.4) is 0 Å². The number of nitrogens with zero attached hydrogens (tertiary/aromatic N) is 3. The van der Waals surface area contributed by atoms with Gasteiger partial charge in [0.25, 0.3) is 0 Å². The van der Waals surface area contributed by atoms with Crippen molar-refractivity contribution in [2.75, 3.05) is 13.1 Å². The van der Waals surface area contributed by atoms with Gasteiger partial charge in [-0.2, -0.15) is 0 Å². The van der Waals surface area contributed by atoms with Crippen LogP contribution in [0.15, 0.2) is 55.0 Å². The molecule has 1 unspecified atom stereocenters. The minimum Gasteiger partial charge on any atom is -0.505 e. The molecule has 3 heterocycles. The fourth-order valence-electron chi connectivity index (χ4n) is 3.49. The van der Waals surface area contributed by atoms with Crippen molar-refractivity contribution in [1.82, 2.24) is 14.9 Å². The molecule has 4 rings (SSSR count). The Labute approximate surface area is 135 Å². The predicted molar refractivity (Wildman–Crippen MR) is 90.3 cm³/mol. The number of phenols is 1. The van der Waals surface area contributed by atoms with Gasteiger partial charge in [0.15, 0.2) is 0 Å². The molecule has 3 aromatic rings. The molecule has 0 saturated carbocycles. The lowest BCUT2D eigenvalue weighted by atomic mass is 9.96. The molecule has 4 nitrogen and oxygen atoms in total. The van der Waals surface area contributed by atoms with E-state index in [1.807, 2.05) is 36.5 Å². The first-order valence-electron chi connectivity index (χ1n) is 8.05. The zero-order chi connectivity index (χ0) is 15.6. The number of rotatable bonds is 3. The Morgan fingerprint density at radius 3 is 2.61 bits per heavy atom. The summed E-state index contributed by atoms with van der Waals surface area (Å²) >= 11 is 0. The number of aromatic nitrogens is 2. The summed E-state index contributed by atoms with van der Waals surface area (Å²) in [6, 6.07) is 12.0. The van der Waals surface area contributed by atoms with Gasteiger partial charge in [0.05, 0.1) is 6.04 Å². The Bertz CT molecular complexity index is 813. The van der Waals surface area contributed by atoms with Crippen LogP contribution in [0, 0.1) is 0 Å². The third kappa shape index (κ3) is 2.55. The van der Waals surface area contributed by atoms with E-state index in [2.05, 4.69) is 20.9 Å². The quantitative estimate of drug-likeness (QED) is 0.804. The summed E-state index contributed by atoms with van der Waals surface area (Å²) in [6.07, 6.45) is 7.80. The predicted octanol–water partition coefficient (Wildman–Crippen LogP) is 3.52. The summed E-state index contributed by atoms with van der Waals surface area (Å²) in [4.78, 5) is 11.0. The van der Waals surface area contributed by atoms with Crippen LogP contribution in [0.25, 0.3) is 10.9 Å². The topological polar surface area (TPSA) is 49.3 Å². The van der Waals surface area contributed by atoms with Crippen LogP contribution in [-0.4, -0.2) is 33.1 Å². The molecule has 0 spiro atoms. The first kappa shape index (κ1) is 14.2. The first-order chi connectivity index (χ1) is 11.3. The number of likely N-dealkylation sites (tertiary alicyclic amines) is 1. The van der Waals surface area contributed by atoms with Crippen LogP contribution in [0.5, 0.6) is 5.75 Å². The van der Waals surface area contributed by atoms with Crippen molar-refractivity contribution in [3.8, 4) is 5.75 Å². The van der Waals surface area contributed by atoms with Crippen molar-refractivity contribution in [2.24, 2.45) is 0 Å². The van der Waals surface area contributed by atoms with Crippen LogP contribution < -0.4 is 0 Å². The van der Waals surface area contributed by atoms with Crippen LogP contribution in [0.2, 0.25) is 0 Å². The van der Waals surface area contributed by atoms with Crippen LogP contribution >= 0.6 is 0 Å². The first-order valence-corrected chi connectivity index (χ1v) is 8.05. The Morgan fingerprint density at radius 2 is 1.83 bits per heavy atom. The SMILES string of the molecule is Oc1c(C(c2cccnc2)N2CCCC2)ccc2cccnc12. The molecule has 0 aliphatic carbocycles. The van der Waals surface area contributed by atoms with Crippen molar-refractivity contribution >= 4 is 10.9 Å². The molecule has 1 aromatic carbocycles. The van der Waals surface area contributed by atoms with E-state index in [0.29, 0.717) is 5.52 Å². The lowest BCUT2D eigenvalue weighted by Gasteiger charge is -2.29. The maximum absolute atomic E-state index is 10.8. The highest BCUT2D eigenvalue weighted by Gasteiger charge is 2.28. The molecule has 0 amide bonds. The molecule has 4 heteroatoms. The lowest BCUT2D eigenvalue weighted by molar-refractivity contribution is 0.275. The lowest BCUT2D eigenvalue weighted by Crippen LogP contribution is -2.26. The third-order valence-corrected chi connectivity index (χ3v) is 4.58. The van der Waals surface area contributed by atoms with Crippen molar-refractivity contribution in [3.63, 3.8) is 0 Å². The highest BCUT2D eigenvalue weighted by molar-refractivity contribution is 5.85. The van der Waals surface area contributed by atoms with Gasteiger partial charge in [-0.25, -0.2) is 0 Å². The van der Waals surface area contributed by atoms with E-state index < -0.39 is 0 Å². The van der Waals surface area contributed by atoms with E-state index in [1.165, 1.54) is 12.8 Å². The number of phenolic OH excluding ortho intramolecular Hbond substituents is 1. The van der Waals surface area contributed by atoms with Crippen molar-refractivity contribution < 1.29 is 5.11 Å². The second-order valence-corrected chi connectivity index (χ2v) is 6.01. The van der Waals surface area contributed by atoms with Crippen molar-refractivity contribution in [2.45, 2.75) is 18.9 Å². The van der Waals surface area contributed by atoms with Gasteiger partial charge < -0.3 is 5.11 Å².